The Kier molecular flexibility index (Phi) is 5.82. The van der Waals surface area contributed by atoms with Gasteiger partial charge in [-0.15, -0.1) is 0 Å². The molecule has 4 aromatic carbocycles. The van der Waals surface area contributed by atoms with Crippen LogP contribution in [0.2, 0.25) is 0 Å². The molecule has 3 heterocycles. The average molecular weight is 541 g/mol. The van der Waals surface area contributed by atoms with Crippen molar-refractivity contribution < 1.29 is 9.84 Å². The predicted octanol–water partition coefficient (Wildman–Crippen LogP) is 7.00. The molecule has 41 heavy (non-hydrogen) atoms. The topological polar surface area (TPSA) is 87.3 Å². The Labute approximate surface area is 237 Å². The minimum absolute atomic E-state index is 0.0836. The van der Waals surface area contributed by atoms with Crippen molar-refractivity contribution in [1.29, 1.82) is 0 Å². The maximum absolute atomic E-state index is 10.4. The summed E-state index contributed by atoms with van der Waals surface area (Å²) in [5.74, 6) is 2.52. The summed E-state index contributed by atoms with van der Waals surface area (Å²) in [6, 6.07) is 31.4. The monoisotopic (exact) mass is 540 g/mol. The first kappa shape index (κ1) is 24.7. The van der Waals surface area contributed by atoms with Crippen molar-refractivity contribution >= 4 is 34.6 Å². The number of hydrogen-bond acceptors (Lipinski definition) is 7. The highest BCUT2D eigenvalue weighted by molar-refractivity contribution is 6.51. The van der Waals surface area contributed by atoms with Gasteiger partial charge in [0.15, 0.2) is 29.0 Å². The van der Waals surface area contributed by atoms with Crippen molar-refractivity contribution in [2.24, 2.45) is 9.98 Å². The summed E-state index contributed by atoms with van der Waals surface area (Å²) in [6.07, 6.45) is 0. The Morgan fingerprint density at radius 1 is 0.854 bits per heavy atom. The van der Waals surface area contributed by atoms with Gasteiger partial charge in [-0.25, -0.2) is 14.7 Å². The molecule has 2 aliphatic heterocycles. The van der Waals surface area contributed by atoms with E-state index in [0.29, 0.717) is 17.4 Å². The Morgan fingerprint density at radius 2 is 1.66 bits per heavy atom. The number of amidine groups is 2. The Hall–Kier alpha value is -5.37. The third-order valence-electron chi connectivity index (χ3n) is 7.44. The lowest BCUT2D eigenvalue weighted by Crippen LogP contribution is -2.46. The molecule has 0 spiro atoms. The summed E-state index contributed by atoms with van der Waals surface area (Å²) < 4.78 is 7.42. The largest absolute Gasteiger partial charge is 0.504 e. The summed E-state index contributed by atoms with van der Waals surface area (Å²) in [7, 11) is 1.56. The number of phenolic OH excluding ortho intramolecular Hbond substituents is 1. The van der Waals surface area contributed by atoms with E-state index in [1.54, 1.807) is 13.2 Å². The molecular weight excluding hydrogens is 512 g/mol. The number of nitrogens with zero attached hydrogens (tertiary/aromatic N) is 5. The zero-order valence-corrected chi connectivity index (χ0v) is 22.9. The average Bonchev–Trinajstić information content (AvgIpc) is 3.33. The molecule has 0 saturated heterocycles. The third-order valence-corrected chi connectivity index (χ3v) is 7.44. The molecule has 1 unspecified atom stereocenters. The lowest BCUT2D eigenvalue weighted by atomic mass is 9.93. The molecule has 0 saturated carbocycles. The molecule has 8 heteroatoms. The van der Waals surface area contributed by atoms with Crippen LogP contribution in [0, 0.1) is 13.8 Å². The van der Waals surface area contributed by atoms with Gasteiger partial charge in [0.1, 0.15) is 0 Å². The van der Waals surface area contributed by atoms with Crippen LogP contribution in [0.15, 0.2) is 107 Å². The number of phenols is 1. The fourth-order valence-corrected chi connectivity index (χ4v) is 5.59. The van der Waals surface area contributed by atoms with Crippen molar-refractivity contribution in [1.82, 2.24) is 9.78 Å². The second-order valence-corrected chi connectivity index (χ2v) is 10.2. The van der Waals surface area contributed by atoms with Crippen molar-refractivity contribution in [3.63, 3.8) is 0 Å². The first-order valence-electron chi connectivity index (χ1n) is 13.4. The molecule has 0 bridgehead atoms. The number of aryl methyl sites for hydroxylation is 2. The number of anilines is 2. The molecule has 0 fully saturated rings. The van der Waals surface area contributed by atoms with Crippen molar-refractivity contribution in [3.05, 3.63) is 119 Å². The minimum Gasteiger partial charge on any atom is -0.504 e. The quantitative estimate of drug-likeness (QED) is 0.256. The van der Waals surface area contributed by atoms with E-state index < -0.39 is 0 Å². The summed E-state index contributed by atoms with van der Waals surface area (Å²) in [5.41, 5.74) is 7.49. The molecule has 1 atom stereocenters. The zero-order valence-electron chi connectivity index (χ0n) is 22.9. The molecule has 5 aromatic rings. The van der Waals surface area contributed by atoms with Crippen molar-refractivity contribution in [2.75, 3.05) is 17.3 Å². The van der Waals surface area contributed by atoms with E-state index in [-0.39, 0.29) is 11.8 Å². The molecule has 0 radical (unpaired) electrons. The number of ether oxygens (including phenoxy) is 1. The van der Waals surface area contributed by atoms with Gasteiger partial charge in [0.05, 0.1) is 35.9 Å². The molecule has 1 aromatic heterocycles. The van der Waals surface area contributed by atoms with Crippen molar-refractivity contribution in [3.8, 4) is 17.2 Å². The highest BCUT2D eigenvalue weighted by atomic mass is 16.5. The first-order valence-corrected chi connectivity index (χ1v) is 13.4. The van der Waals surface area contributed by atoms with Crippen LogP contribution >= 0.6 is 0 Å². The van der Waals surface area contributed by atoms with E-state index in [1.165, 1.54) is 0 Å². The second kappa shape index (κ2) is 9.67. The minimum atomic E-state index is -0.324. The van der Waals surface area contributed by atoms with Gasteiger partial charge in [-0.05, 0) is 73.5 Å². The standard InChI is InChI=1S/C33H28N6O2/c1-20-10-9-11-23(18-20)34-31-33-36-32-29(21(2)37-39(32)24-12-5-4-6-13-24)30(22-16-17-27(40)28(19-22)41-3)38(33)26-15-8-7-14-25(26)35-31/h4-19,30,40H,1-3H3,(H,34,35). The van der Waals surface area contributed by atoms with Crippen LogP contribution in [-0.4, -0.2) is 33.7 Å². The molecule has 2 aliphatic rings. The Morgan fingerprint density at radius 3 is 2.46 bits per heavy atom. The number of para-hydroxylation sites is 3. The van der Waals surface area contributed by atoms with E-state index in [0.717, 1.165) is 51.0 Å². The van der Waals surface area contributed by atoms with E-state index in [9.17, 15) is 5.11 Å². The van der Waals surface area contributed by atoms with Gasteiger partial charge in [0, 0.05) is 11.3 Å². The van der Waals surface area contributed by atoms with Gasteiger partial charge in [0.2, 0.25) is 0 Å². The highest BCUT2D eigenvalue weighted by Gasteiger charge is 2.41. The van der Waals surface area contributed by atoms with Gasteiger partial charge in [0.25, 0.3) is 0 Å². The van der Waals surface area contributed by atoms with Crippen LogP contribution < -0.4 is 15.0 Å². The highest BCUT2D eigenvalue weighted by Crippen LogP contribution is 2.49. The number of nitrogens with one attached hydrogen (secondary N) is 1. The number of aromatic hydroxyl groups is 1. The lowest BCUT2D eigenvalue weighted by molar-refractivity contribution is 0.372. The molecule has 0 aliphatic carbocycles. The van der Waals surface area contributed by atoms with E-state index >= 15 is 0 Å². The molecular formula is C33H28N6O2. The fourth-order valence-electron chi connectivity index (χ4n) is 5.59. The van der Waals surface area contributed by atoms with Gasteiger partial charge < -0.3 is 20.1 Å². The van der Waals surface area contributed by atoms with E-state index in [4.69, 9.17) is 19.8 Å². The van der Waals surface area contributed by atoms with Crippen LogP contribution in [0.4, 0.5) is 22.9 Å². The summed E-state index contributed by atoms with van der Waals surface area (Å²) in [5, 5.41) is 19.0. The maximum atomic E-state index is 10.4. The van der Waals surface area contributed by atoms with E-state index in [2.05, 4.69) is 35.3 Å². The third kappa shape index (κ3) is 4.12. The van der Waals surface area contributed by atoms with Crippen LogP contribution in [0.25, 0.3) is 5.69 Å². The molecule has 7 rings (SSSR count). The van der Waals surface area contributed by atoms with Gasteiger partial charge in [-0.2, -0.15) is 5.10 Å². The van der Waals surface area contributed by atoms with Crippen LogP contribution in [0.5, 0.6) is 11.5 Å². The number of benzene rings is 4. The number of aromatic nitrogens is 2. The van der Waals surface area contributed by atoms with Crippen LogP contribution in [0.1, 0.15) is 28.4 Å². The number of fused-ring (bicyclic) bond motifs is 4. The summed E-state index contributed by atoms with van der Waals surface area (Å²) in [4.78, 5) is 12.5. The van der Waals surface area contributed by atoms with Crippen LogP contribution in [0.3, 0.4) is 0 Å². The van der Waals surface area contributed by atoms with Gasteiger partial charge in [-0.3, -0.25) is 0 Å². The lowest BCUT2D eigenvalue weighted by Gasteiger charge is -2.40. The molecule has 2 N–H and O–H groups in total. The number of hydrogen-bond donors (Lipinski definition) is 2. The van der Waals surface area contributed by atoms with Crippen LogP contribution in [-0.2, 0) is 0 Å². The second-order valence-electron chi connectivity index (χ2n) is 10.2. The van der Waals surface area contributed by atoms with E-state index in [1.807, 2.05) is 84.4 Å². The zero-order chi connectivity index (χ0) is 28.1. The SMILES string of the molecule is COc1cc(C2c3c(C)nn(-c4ccccc4)c3N=C3C(Nc4cccc(C)c4)=Nc4ccccc4N32)ccc1O. The summed E-state index contributed by atoms with van der Waals surface area (Å²) >= 11 is 0. The summed E-state index contributed by atoms with van der Waals surface area (Å²) in [6.45, 7) is 4.08. The van der Waals surface area contributed by atoms with Gasteiger partial charge >= 0.3 is 0 Å². The number of rotatable bonds is 4. The maximum Gasteiger partial charge on any atom is 0.179 e. The Bertz CT molecular complexity index is 1860. The Balaban J connectivity index is 1.51. The van der Waals surface area contributed by atoms with Crippen molar-refractivity contribution in [2.45, 2.75) is 19.9 Å². The molecule has 0 amide bonds. The molecule has 8 nitrogen and oxygen atoms in total. The fraction of sp³-hybridized carbons (Fsp3) is 0.121. The first-order chi connectivity index (χ1) is 20.0. The molecule has 202 valence electrons. The normalized spacial score (nSPS) is 15.3. The van der Waals surface area contributed by atoms with Gasteiger partial charge in [-0.1, -0.05) is 48.5 Å². The number of aliphatic imine (C=N–C) groups is 2. The number of methoxy groups -OCH3 is 1. The predicted molar refractivity (Wildman–Crippen MR) is 163 cm³/mol. The smallest absolute Gasteiger partial charge is 0.179 e.